The minimum absolute atomic E-state index is 0.132. The van der Waals surface area contributed by atoms with Crippen LogP contribution in [0.5, 0.6) is 0 Å². The molecule has 0 fully saturated rings. The molecule has 0 radical (unpaired) electrons. The van der Waals surface area contributed by atoms with Crippen LogP contribution < -0.4 is 9.62 Å². The third-order valence-electron chi connectivity index (χ3n) is 4.87. The summed E-state index contributed by atoms with van der Waals surface area (Å²) in [5, 5.41) is 2.65. The zero-order valence-electron chi connectivity index (χ0n) is 15.5. The first kappa shape index (κ1) is 19.1. The van der Waals surface area contributed by atoms with E-state index in [0.717, 1.165) is 18.4 Å². The molecule has 3 aromatic rings. The van der Waals surface area contributed by atoms with Crippen molar-refractivity contribution >= 4 is 27.3 Å². The Morgan fingerprint density at radius 1 is 0.931 bits per heavy atom. The van der Waals surface area contributed by atoms with Gasteiger partial charge in [-0.1, -0.05) is 18.2 Å². The molecule has 4 rings (SSSR count). The maximum atomic E-state index is 13.1. The highest BCUT2D eigenvalue weighted by atomic mass is 32.2. The molecule has 5 nitrogen and oxygen atoms in total. The number of hydrogen-bond donors (Lipinski definition) is 1. The van der Waals surface area contributed by atoms with Crippen LogP contribution in [0.4, 0.5) is 15.8 Å². The van der Waals surface area contributed by atoms with Gasteiger partial charge < -0.3 is 5.32 Å². The van der Waals surface area contributed by atoms with Gasteiger partial charge in [-0.25, -0.2) is 12.8 Å². The second kappa shape index (κ2) is 7.67. The fraction of sp³-hybridized carbons (Fsp3) is 0.136. The molecule has 148 valence electrons. The average Bonchev–Trinajstić information content (AvgIpc) is 2.75. The highest BCUT2D eigenvalue weighted by Gasteiger charge is 2.28. The molecule has 3 aromatic carbocycles. The van der Waals surface area contributed by atoms with Crippen LogP contribution in [-0.2, 0) is 16.4 Å². The van der Waals surface area contributed by atoms with Crippen LogP contribution in [0.2, 0.25) is 0 Å². The minimum Gasteiger partial charge on any atom is -0.322 e. The molecule has 1 N–H and O–H groups in total. The van der Waals surface area contributed by atoms with Crippen LogP contribution >= 0.6 is 0 Å². The number of amides is 1. The van der Waals surface area contributed by atoms with E-state index in [1.807, 2.05) is 24.3 Å². The molecule has 0 bridgehead atoms. The average molecular weight is 410 g/mol. The summed E-state index contributed by atoms with van der Waals surface area (Å²) in [5.41, 5.74) is 2.49. The summed E-state index contributed by atoms with van der Waals surface area (Å²) in [6.45, 7) is 0.423. The zero-order chi connectivity index (χ0) is 20.4. The van der Waals surface area contributed by atoms with E-state index in [1.54, 1.807) is 0 Å². The highest BCUT2D eigenvalue weighted by Crippen LogP contribution is 2.31. The van der Waals surface area contributed by atoms with Crippen LogP contribution in [0.1, 0.15) is 22.3 Å². The number of nitrogens with one attached hydrogen (secondary N) is 1. The second-order valence-electron chi connectivity index (χ2n) is 6.79. The van der Waals surface area contributed by atoms with E-state index >= 15 is 0 Å². The number of para-hydroxylation sites is 1. The number of benzene rings is 3. The van der Waals surface area contributed by atoms with Gasteiger partial charge in [-0.3, -0.25) is 9.10 Å². The van der Waals surface area contributed by atoms with Gasteiger partial charge in [0.25, 0.3) is 15.9 Å². The summed E-state index contributed by atoms with van der Waals surface area (Å²) in [6, 6.07) is 18.7. The number of rotatable bonds is 4. The van der Waals surface area contributed by atoms with Crippen LogP contribution in [-0.4, -0.2) is 20.9 Å². The molecular weight excluding hydrogens is 391 g/mol. The normalized spacial score (nSPS) is 13.6. The van der Waals surface area contributed by atoms with E-state index in [4.69, 9.17) is 0 Å². The van der Waals surface area contributed by atoms with Crippen molar-refractivity contribution in [2.45, 2.75) is 17.7 Å². The SMILES string of the molecule is O=C(Nc1ccc(F)cc1)c1ccc(S(=O)(=O)N2CCCc3ccccc32)cc1. The van der Waals surface area contributed by atoms with E-state index in [9.17, 15) is 17.6 Å². The summed E-state index contributed by atoms with van der Waals surface area (Å²) >= 11 is 0. The molecule has 1 aliphatic heterocycles. The van der Waals surface area contributed by atoms with Crippen molar-refractivity contribution in [1.82, 2.24) is 0 Å². The number of aryl methyl sites for hydroxylation is 1. The first-order valence-electron chi connectivity index (χ1n) is 9.23. The van der Waals surface area contributed by atoms with E-state index in [1.165, 1.54) is 52.8 Å². The Bertz CT molecular complexity index is 1140. The van der Waals surface area contributed by atoms with Gasteiger partial charge in [0.15, 0.2) is 0 Å². The number of halogens is 1. The minimum atomic E-state index is -3.72. The third-order valence-corrected chi connectivity index (χ3v) is 6.70. The fourth-order valence-corrected chi connectivity index (χ4v) is 4.93. The van der Waals surface area contributed by atoms with Crippen molar-refractivity contribution in [3.8, 4) is 0 Å². The lowest BCUT2D eigenvalue weighted by atomic mass is 10.0. The van der Waals surface area contributed by atoms with Gasteiger partial charge in [-0.05, 0) is 73.0 Å². The van der Waals surface area contributed by atoms with Gasteiger partial charge in [0.05, 0.1) is 10.6 Å². The number of sulfonamides is 1. The summed E-state index contributed by atoms with van der Waals surface area (Å²) in [5.74, 6) is -0.791. The van der Waals surface area contributed by atoms with Crippen LogP contribution in [0.15, 0.2) is 77.7 Å². The Kier molecular flexibility index (Phi) is 5.07. The van der Waals surface area contributed by atoms with Gasteiger partial charge in [0.2, 0.25) is 0 Å². The molecule has 1 amide bonds. The first-order chi connectivity index (χ1) is 13.9. The molecular formula is C22H19FN2O3S. The first-order valence-corrected chi connectivity index (χ1v) is 10.7. The second-order valence-corrected chi connectivity index (χ2v) is 8.66. The number of anilines is 2. The molecule has 0 spiro atoms. The predicted octanol–water partition coefficient (Wildman–Crippen LogP) is 4.22. The van der Waals surface area contributed by atoms with Gasteiger partial charge in [0, 0.05) is 17.8 Å². The van der Waals surface area contributed by atoms with Gasteiger partial charge in [0.1, 0.15) is 5.82 Å². The Morgan fingerprint density at radius 3 is 2.34 bits per heavy atom. The standard InChI is InChI=1S/C22H19FN2O3S/c23-18-9-11-19(12-10-18)24-22(26)17-7-13-20(14-8-17)29(27,28)25-15-3-5-16-4-1-2-6-21(16)25/h1-2,4,6-14H,3,5,15H2,(H,24,26). The molecule has 0 aliphatic carbocycles. The summed E-state index contributed by atoms with van der Waals surface area (Å²) in [7, 11) is -3.72. The number of carbonyl (C=O) groups is 1. The highest BCUT2D eigenvalue weighted by molar-refractivity contribution is 7.92. The monoisotopic (exact) mass is 410 g/mol. The molecule has 0 saturated heterocycles. The van der Waals surface area contributed by atoms with Crippen molar-refractivity contribution in [3.63, 3.8) is 0 Å². The maximum absolute atomic E-state index is 13.1. The molecule has 7 heteroatoms. The van der Waals surface area contributed by atoms with Crippen molar-refractivity contribution in [3.05, 3.63) is 89.7 Å². The fourth-order valence-electron chi connectivity index (χ4n) is 3.39. The summed E-state index contributed by atoms with van der Waals surface area (Å²) < 4.78 is 40.7. The Labute approximate surface area is 168 Å². The van der Waals surface area contributed by atoms with E-state index in [2.05, 4.69) is 5.32 Å². The molecule has 1 heterocycles. The van der Waals surface area contributed by atoms with Crippen molar-refractivity contribution < 1.29 is 17.6 Å². The molecule has 1 aliphatic rings. The third kappa shape index (κ3) is 3.86. The predicted molar refractivity (Wildman–Crippen MR) is 110 cm³/mol. The van der Waals surface area contributed by atoms with Crippen molar-refractivity contribution in [1.29, 1.82) is 0 Å². The zero-order valence-corrected chi connectivity index (χ0v) is 16.3. The molecule has 0 saturated carbocycles. The molecule has 0 unspecified atom stereocenters. The van der Waals surface area contributed by atoms with Gasteiger partial charge >= 0.3 is 0 Å². The molecule has 29 heavy (non-hydrogen) atoms. The molecule has 0 aromatic heterocycles. The van der Waals surface area contributed by atoms with Gasteiger partial charge in [-0.15, -0.1) is 0 Å². The lowest BCUT2D eigenvalue weighted by Gasteiger charge is -2.30. The van der Waals surface area contributed by atoms with Crippen LogP contribution in [0, 0.1) is 5.82 Å². The Hall–Kier alpha value is -3.19. The molecule has 0 atom stereocenters. The van der Waals surface area contributed by atoms with E-state index < -0.39 is 21.7 Å². The smallest absolute Gasteiger partial charge is 0.264 e. The van der Waals surface area contributed by atoms with E-state index in [-0.39, 0.29) is 4.90 Å². The number of hydrogen-bond acceptors (Lipinski definition) is 3. The Balaban J connectivity index is 1.56. The van der Waals surface area contributed by atoms with Gasteiger partial charge in [-0.2, -0.15) is 0 Å². The number of fused-ring (bicyclic) bond motifs is 1. The maximum Gasteiger partial charge on any atom is 0.264 e. The summed E-state index contributed by atoms with van der Waals surface area (Å²) in [4.78, 5) is 12.5. The van der Waals surface area contributed by atoms with Crippen molar-refractivity contribution in [2.24, 2.45) is 0 Å². The number of carbonyl (C=O) groups excluding carboxylic acids is 1. The lowest BCUT2D eigenvalue weighted by molar-refractivity contribution is 0.102. The van der Waals surface area contributed by atoms with E-state index in [0.29, 0.717) is 23.5 Å². The van der Waals surface area contributed by atoms with Crippen LogP contribution in [0.25, 0.3) is 0 Å². The van der Waals surface area contributed by atoms with Crippen LogP contribution in [0.3, 0.4) is 0 Å². The lowest BCUT2D eigenvalue weighted by Crippen LogP contribution is -2.35. The quantitative estimate of drug-likeness (QED) is 0.700. The largest absolute Gasteiger partial charge is 0.322 e. The van der Waals surface area contributed by atoms with Crippen molar-refractivity contribution in [2.75, 3.05) is 16.2 Å². The Morgan fingerprint density at radius 2 is 1.62 bits per heavy atom. The number of nitrogens with zero attached hydrogens (tertiary/aromatic N) is 1. The topological polar surface area (TPSA) is 66.5 Å². The summed E-state index contributed by atoms with van der Waals surface area (Å²) in [6.07, 6.45) is 1.61.